The van der Waals surface area contributed by atoms with E-state index in [0.29, 0.717) is 16.1 Å². The van der Waals surface area contributed by atoms with Gasteiger partial charge in [0.25, 0.3) is 5.56 Å². The lowest BCUT2D eigenvalue weighted by molar-refractivity contribution is 0.386. The summed E-state index contributed by atoms with van der Waals surface area (Å²) in [6.45, 7) is 0.179. The quantitative estimate of drug-likeness (QED) is 0.395. The second-order valence-corrected chi connectivity index (χ2v) is 8.04. The van der Waals surface area contributed by atoms with E-state index in [1.165, 1.54) is 37.6 Å². The van der Waals surface area contributed by atoms with Crippen molar-refractivity contribution in [3.63, 3.8) is 0 Å². The highest BCUT2D eigenvalue weighted by molar-refractivity contribution is 6.30. The van der Waals surface area contributed by atoms with Crippen molar-refractivity contribution in [3.8, 4) is 5.75 Å². The Bertz CT molecular complexity index is 1630. The van der Waals surface area contributed by atoms with Gasteiger partial charge in [-0.15, -0.1) is 5.10 Å². The lowest BCUT2D eigenvalue weighted by Gasteiger charge is -2.07. The van der Waals surface area contributed by atoms with Crippen LogP contribution in [0.15, 0.2) is 58.3 Å². The summed E-state index contributed by atoms with van der Waals surface area (Å²) in [5, 5.41) is 9.25. The minimum Gasteiger partial charge on any atom is -0.494 e. The van der Waals surface area contributed by atoms with Gasteiger partial charge < -0.3 is 4.74 Å². The fourth-order valence-corrected chi connectivity index (χ4v) is 3.92. The Labute approximate surface area is 190 Å². The minimum absolute atomic E-state index is 0.0122. The topological polar surface area (TPSA) is 88.3 Å². The molecule has 0 aliphatic rings. The molecule has 0 spiro atoms. The third-order valence-corrected chi connectivity index (χ3v) is 5.62. The Morgan fingerprint density at radius 2 is 1.76 bits per heavy atom. The van der Waals surface area contributed by atoms with Gasteiger partial charge in [-0.2, -0.15) is 5.10 Å². The summed E-state index contributed by atoms with van der Waals surface area (Å²) in [6, 6.07) is 11.5. The first-order valence-electron chi connectivity index (χ1n) is 9.98. The standard InChI is InChI=1S/C22H18ClFN6O3/c1-27-12-17-19(25-27)20(31)28(10-13-3-6-15(23)7-4-13)21-26-29(22(32)30(17)21)11-14-5-8-18(33-2)16(24)9-14/h3-9,12H,10-11H2,1-2H3. The molecule has 0 amide bonds. The van der Waals surface area contributed by atoms with E-state index in [1.807, 2.05) is 0 Å². The van der Waals surface area contributed by atoms with Gasteiger partial charge in [-0.25, -0.2) is 18.3 Å². The maximum Gasteiger partial charge on any atom is 0.352 e. The van der Waals surface area contributed by atoms with Crippen LogP contribution in [-0.2, 0) is 20.1 Å². The number of nitrogens with zero attached hydrogens (tertiary/aromatic N) is 6. The monoisotopic (exact) mass is 468 g/mol. The first-order valence-corrected chi connectivity index (χ1v) is 10.4. The first kappa shape index (κ1) is 21.0. The number of aromatic nitrogens is 6. The van der Waals surface area contributed by atoms with E-state index in [2.05, 4.69) is 10.2 Å². The number of halogens is 2. The Morgan fingerprint density at radius 3 is 2.45 bits per heavy atom. The number of aryl methyl sites for hydroxylation is 1. The second kappa shape index (κ2) is 7.89. The first-order chi connectivity index (χ1) is 15.9. The molecule has 0 bridgehead atoms. The molecule has 5 rings (SSSR count). The summed E-state index contributed by atoms with van der Waals surface area (Å²) in [5.41, 5.74) is 0.980. The van der Waals surface area contributed by atoms with E-state index in [1.54, 1.807) is 43.6 Å². The number of hydrogen-bond acceptors (Lipinski definition) is 5. The van der Waals surface area contributed by atoms with Gasteiger partial charge in [0.15, 0.2) is 17.1 Å². The van der Waals surface area contributed by atoms with Gasteiger partial charge >= 0.3 is 5.69 Å². The van der Waals surface area contributed by atoms with Crippen LogP contribution in [-0.4, -0.2) is 35.6 Å². The van der Waals surface area contributed by atoms with Gasteiger partial charge in [0.05, 0.1) is 20.2 Å². The average Bonchev–Trinajstić information content (AvgIpc) is 3.32. The zero-order chi connectivity index (χ0) is 23.3. The predicted molar refractivity (Wildman–Crippen MR) is 121 cm³/mol. The molecule has 0 radical (unpaired) electrons. The maximum absolute atomic E-state index is 14.2. The molecule has 11 heteroatoms. The van der Waals surface area contributed by atoms with Crippen molar-refractivity contribution < 1.29 is 9.13 Å². The van der Waals surface area contributed by atoms with Gasteiger partial charge in [-0.3, -0.25) is 14.0 Å². The van der Waals surface area contributed by atoms with Crippen LogP contribution in [0.2, 0.25) is 5.02 Å². The minimum atomic E-state index is -0.541. The molecule has 0 atom stereocenters. The van der Waals surface area contributed by atoms with Gasteiger partial charge in [0, 0.05) is 18.3 Å². The lowest BCUT2D eigenvalue weighted by Crippen LogP contribution is -2.26. The Hall–Kier alpha value is -3.92. The summed E-state index contributed by atoms with van der Waals surface area (Å²) in [4.78, 5) is 26.6. The summed E-state index contributed by atoms with van der Waals surface area (Å²) in [5.74, 6) is -0.273. The van der Waals surface area contributed by atoms with Gasteiger partial charge in [0.2, 0.25) is 5.78 Å². The average molecular weight is 469 g/mol. The zero-order valence-electron chi connectivity index (χ0n) is 17.7. The molecule has 0 fully saturated rings. The molecule has 0 N–H and O–H groups in total. The van der Waals surface area contributed by atoms with Crippen LogP contribution in [0.25, 0.3) is 16.8 Å². The molecule has 33 heavy (non-hydrogen) atoms. The summed E-state index contributed by atoms with van der Waals surface area (Å²) in [6.07, 6.45) is 1.59. The van der Waals surface area contributed by atoms with E-state index < -0.39 is 11.5 Å². The maximum atomic E-state index is 14.2. The third-order valence-electron chi connectivity index (χ3n) is 5.36. The highest BCUT2D eigenvalue weighted by atomic mass is 35.5. The number of fused-ring (bicyclic) bond motifs is 3. The van der Waals surface area contributed by atoms with E-state index in [-0.39, 0.29) is 35.7 Å². The number of benzene rings is 2. The molecule has 168 valence electrons. The van der Waals surface area contributed by atoms with E-state index in [9.17, 15) is 14.0 Å². The molecular formula is C22H18ClFN6O3. The van der Waals surface area contributed by atoms with Crippen LogP contribution in [0.4, 0.5) is 4.39 Å². The van der Waals surface area contributed by atoms with Crippen LogP contribution in [0.1, 0.15) is 11.1 Å². The summed E-state index contributed by atoms with van der Waals surface area (Å²) >= 11 is 5.98. The van der Waals surface area contributed by atoms with E-state index >= 15 is 0 Å². The Kier molecular flexibility index (Phi) is 5.01. The highest BCUT2D eigenvalue weighted by Crippen LogP contribution is 2.18. The lowest BCUT2D eigenvalue weighted by atomic mass is 10.2. The SMILES string of the molecule is COc1ccc(Cn2nc3n(Cc4ccc(Cl)cc4)c(=O)c4nn(C)cc4n3c2=O)cc1F. The predicted octanol–water partition coefficient (Wildman–Crippen LogP) is 2.44. The number of ether oxygens (including phenoxy) is 1. The van der Waals surface area contributed by atoms with E-state index in [4.69, 9.17) is 16.3 Å². The van der Waals surface area contributed by atoms with Crippen molar-refractivity contribution >= 4 is 28.4 Å². The smallest absolute Gasteiger partial charge is 0.352 e. The van der Waals surface area contributed by atoms with Crippen molar-refractivity contribution in [1.82, 2.24) is 28.5 Å². The molecule has 2 aromatic carbocycles. The largest absolute Gasteiger partial charge is 0.494 e. The van der Waals surface area contributed by atoms with Crippen LogP contribution < -0.4 is 16.0 Å². The van der Waals surface area contributed by atoms with Gasteiger partial charge in [0.1, 0.15) is 5.52 Å². The normalized spacial score (nSPS) is 11.5. The Morgan fingerprint density at radius 1 is 1.03 bits per heavy atom. The highest BCUT2D eigenvalue weighted by Gasteiger charge is 2.20. The molecule has 0 aliphatic carbocycles. The van der Waals surface area contributed by atoms with Crippen LogP contribution >= 0.6 is 11.6 Å². The molecule has 3 aromatic heterocycles. The molecule has 0 aliphatic heterocycles. The van der Waals surface area contributed by atoms with Crippen molar-refractivity contribution in [3.05, 3.63) is 91.5 Å². The van der Waals surface area contributed by atoms with Crippen LogP contribution in [0, 0.1) is 5.82 Å². The second-order valence-electron chi connectivity index (χ2n) is 7.60. The molecule has 0 unspecified atom stereocenters. The third kappa shape index (κ3) is 3.58. The number of methoxy groups -OCH3 is 1. The molecule has 5 aromatic rings. The van der Waals surface area contributed by atoms with Gasteiger partial charge in [-0.1, -0.05) is 29.8 Å². The molecule has 0 saturated heterocycles. The molecular weight excluding hydrogens is 451 g/mol. The Balaban J connectivity index is 1.70. The van der Waals surface area contributed by atoms with Gasteiger partial charge in [-0.05, 0) is 35.4 Å². The summed E-state index contributed by atoms with van der Waals surface area (Å²) in [7, 11) is 3.05. The van der Waals surface area contributed by atoms with Crippen molar-refractivity contribution in [1.29, 1.82) is 0 Å². The van der Waals surface area contributed by atoms with Crippen molar-refractivity contribution in [2.75, 3.05) is 7.11 Å². The van der Waals surface area contributed by atoms with E-state index in [0.717, 1.165) is 5.56 Å². The fourth-order valence-electron chi connectivity index (χ4n) is 3.79. The fraction of sp³-hybridized carbons (Fsp3) is 0.182. The molecule has 0 saturated carbocycles. The zero-order valence-corrected chi connectivity index (χ0v) is 18.5. The number of rotatable bonds is 5. The summed E-state index contributed by atoms with van der Waals surface area (Å²) < 4.78 is 24.5. The van der Waals surface area contributed by atoms with Crippen molar-refractivity contribution in [2.45, 2.75) is 13.1 Å². The molecule has 3 heterocycles. The van der Waals surface area contributed by atoms with Crippen molar-refractivity contribution in [2.24, 2.45) is 7.05 Å². The van der Waals surface area contributed by atoms with Crippen LogP contribution in [0.5, 0.6) is 5.75 Å². The molecule has 9 nitrogen and oxygen atoms in total. The number of hydrogen-bond donors (Lipinski definition) is 0. The van der Waals surface area contributed by atoms with Crippen LogP contribution in [0.3, 0.4) is 0 Å².